The summed E-state index contributed by atoms with van der Waals surface area (Å²) < 4.78 is 0. The summed E-state index contributed by atoms with van der Waals surface area (Å²) in [5, 5.41) is 11.9. The minimum atomic E-state index is -0.257. The Balaban J connectivity index is 3.35. The molecule has 0 aliphatic rings. The second kappa shape index (κ2) is 2.88. The normalized spacial score (nSPS) is 9.64. The molecule has 1 N–H and O–H groups in total. The lowest BCUT2D eigenvalue weighted by molar-refractivity contribution is 0.477. The molecule has 0 amide bonds. The Morgan fingerprint density at radius 1 is 1.55 bits per heavy atom. The van der Waals surface area contributed by atoms with E-state index in [1.165, 1.54) is 6.07 Å². The summed E-state index contributed by atoms with van der Waals surface area (Å²) in [7, 11) is 0. The highest BCUT2D eigenvalue weighted by molar-refractivity contribution is 6.32. The maximum atomic E-state index is 10.1. The van der Waals surface area contributed by atoms with E-state index in [1.807, 2.05) is 0 Å². The maximum absolute atomic E-state index is 10.1. The van der Waals surface area contributed by atoms with Crippen LogP contribution in [0.5, 0.6) is 5.75 Å². The van der Waals surface area contributed by atoms with E-state index >= 15 is 0 Å². The van der Waals surface area contributed by atoms with Crippen molar-refractivity contribution in [1.29, 1.82) is 0 Å². The number of aryl methyl sites for hydroxylation is 1. The number of nitroso groups, excluding NO2 is 1. The van der Waals surface area contributed by atoms with Gasteiger partial charge >= 0.3 is 0 Å². The van der Waals surface area contributed by atoms with Crippen LogP contribution >= 0.6 is 11.6 Å². The molecule has 1 aromatic rings. The molecule has 0 saturated carbocycles. The molecule has 0 radical (unpaired) electrons. The molecule has 0 heterocycles. The third-order valence-electron chi connectivity index (χ3n) is 1.29. The number of benzene rings is 1. The molecule has 3 nitrogen and oxygen atoms in total. The molecule has 0 spiro atoms. The van der Waals surface area contributed by atoms with Crippen molar-refractivity contribution in [1.82, 2.24) is 0 Å². The average Bonchev–Trinajstić information content (AvgIpc) is 1.96. The molecule has 0 aliphatic heterocycles. The number of halogens is 1. The Bertz CT molecular complexity index is 299. The quantitative estimate of drug-likeness (QED) is 0.661. The van der Waals surface area contributed by atoms with Crippen molar-refractivity contribution in [2.75, 3.05) is 0 Å². The average molecular weight is 172 g/mol. The molecule has 1 rings (SSSR count). The molecule has 0 fully saturated rings. The number of phenols is 1. The van der Waals surface area contributed by atoms with Crippen LogP contribution in [0.1, 0.15) is 5.56 Å². The zero-order valence-corrected chi connectivity index (χ0v) is 6.59. The predicted octanol–water partition coefficient (Wildman–Crippen LogP) is 2.75. The standard InChI is InChI=1S/C7H6ClNO2/c1-4-2-5(8)7(10)6(3-4)9-11/h2-3,10H,1H3. The van der Waals surface area contributed by atoms with Crippen molar-refractivity contribution in [2.45, 2.75) is 6.92 Å². The maximum Gasteiger partial charge on any atom is 0.163 e. The zero-order chi connectivity index (χ0) is 8.43. The van der Waals surface area contributed by atoms with E-state index < -0.39 is 0 Å². The summed E-state index contributed by atoms with van der Waals surface area (Å²) in [4.78, 5) is 10.1. The summed E-state index contributed by atoms with van der Waals surface area (Å²) in [6.07, 6.45) is 0. The highest BCUT2D eigenvalue weighted by atomic mass is 35.5. The smallest absolute Gasteiger partial charge is 0.163 e. The first kappa shape index (κ1) is 8.01. The molecule has 0 aromatic heterocycles. The minimum absolute atomic E-state index is 0.0185. The molecule has 0 saturated heterocycles. The fraction of sp³-hybridized carbons (Fsp3) is 0.143. The number of nitrogens with zero attached hydrogens (tertiary/aromatic N) is 1. The van der Waals surface area contributed by atoms with E-state index in [4.69, 9.17) is 16.7 Å². The molecular weight excluding hydrogens is 166 g/mol. The van der Waals surface area contributed by atoms with Gasteiger partial charge in [-0.05, 0) is 29.8 Å². The number of phenolic OH excluding ortho intramolecular Hbond substituents is 1. The van der Waals surface area contributed by atoms with Crippen LogP contribution in [0.2, 0.25) is 5.02 Å². The van der Waals surface area contributed by atoms with E-state index in [-0.39, 0.29) is 16.5 Å². The van der Waals surface area contributed by atoms with Gasteiger partial charge in [0.2, 0.25) is 0 Å². The molecule has 11 heavy (non-hydrogen) atoms. The first-order valence-electron chi connectivity index (χ1n) is 2.97. The van der Waals surface area contributed by atoms with Crippen molar-refractivity contribution < 1.29 is 5.11 Å². The minimum Gasteiger partial charge on any atom is -0.504 e. The molecule has 1 aromatic carbocycles. The third-order valence-corrected chi connectivity index (χ3v) is 1.57. The van der Waals surface area contributed by atoms with Gasteiger partial charge in [0.25, 0.3) is 0 Å². The lowest BCUT2D eigenvalue weighted by Gasteiger charge is -1.99. The van der Waals surface area contributed by atoms with E-state index in [0.717, 1.165) is 5.56 Å². The van der Waals surface area contributed by atoms with E-state index in [2.05, 4.69) is 5.18 Å². The molecule has 58 valence electrons. The van der Waals surface area contributed by atoms with Crippen LogP contribution in [0.3, 0.4) is 0 Å². The van der Waals surface area contributed by atoms with Crippen LogP contribution in [0.25, 0.3) is 0 Å². The van der Waals surface area contributed by atoms with Gasteiger partial charge in [-0.1, -0.05) is 11.6 Å². The highest BCUT2D eigenvalue weighted by Crippen LogP contribution is 2.34. The SMILES string of the molecule is Cc1cc(Cl)c(O)c(N=O)c1. The van der Waals surface area contributed by atoms with Gasteiger partial charge in [-0.2, -0.15) is 0 Å². The topological polar surface area (TPSA) is 49.7 Å². The number of aromatic hydroxyl groups is 1. The van der Waals surface area contributed by atoms with Gasteiger partial charge in [-0.15, -0.1) is 4.91 Å². The van der Waals surface area contributed by atoms with Gasteiger partial charge in [0.1, 0.15) is 0 Å². The van der Waals surface area contributed by atoms with E-state index in [1.54, 1.807) is 13.0 Å². The van der Waals surface area contributed by atoms with Crippen LogP contribution in [0, 0.1) is 11.8 Å². The van der Waals surface area contributed by atoms with Gasteiger partial charge in [-0.25, -0.2) is 0 Å². The fourth-order valence-electron chi connectivity index (χ4n) is 0.786. The highest BCUT2D eigenvalue weighted by Gasteiger charge is 2.06. The van der Waals surface area contributed by atoms with Crippen LogP contribution in [-0.2, 0) is 0 Å². The molecule has 0 atom stereocenters. The van der Waals surface area contributed by atoms with Crippen molar-refractivity contribution in [3.8, 4) is 5.75 Å². The predicted molar refractivity (Wildman–Crippen MR) is 43.3 cm³/mol. The van der Waals surface area contributed by atoms with Crippen LogP contribution < -0.4 is 0 Å². The Kier molecular flexibility index (Phi) is 2.10. The van der Waals surface area contributed by atoms with Crippen molar-refractivity contribution in [2.24, 2.45) is 5.18 Å². The third kappa shape index (κ3) is 1.49. The summed E-state index contributed by atoms with van der Waals surface area (Å²) in [6, 6.07) is 3.03. The summed E-state index contributed by atoms with van der Waals surface area (Å²) >= 11 is 5.55. The van der Waals surface area contributed by atoms with Gasteiger partial charge in [0.05, 0.1) is 5.02 Å². The molecular formula is C7H6ClNO2. The van der Waals surface area contributed by atoms with Crippen molar-refractivity contribution in [3.63, 3.8) is 0 Å². The molecule has 0 unspecified atom stereocenters. The number of hydrogen-bond acceptors (Lipinski definition) is 3. The summed E-state index contributed by atoms with van der Waals surface area (Å²) in [5.41, 5.74) is 0.775. The van der Waals surface area contributed by atoms with Crippen molar-refractivity contribution in [3.05, 3.63) is 27.6 Å². The van der Waals surface area contributed by atoms with E-state index in [9.17, 15) is 4.91 Å². The Morgan fingerprint density at radius 2 is 2.18 bits per heavy atom. The van der Waals surface area contributed by atoms with Gasteiger partial charge in [0.15, 0.2) is 11.4 Å². The van der Waals surface area contributed by atoms with Crippen molar-refractivity contribution >= 4 is 17.3 Å². The second-order valence-electron chi connectivity index (χ2n) is 2.21. The van der Waals surface area contributed by atoms with E-state index in [0.29, 0.717) is 0 Å². The summed E-state index contributed by atoms with van der Waals surface area (Å²) in [5.74, 6) is -0.257. The molecule has 4 heteroatoms. The Morgan fingerprint density at radius 3 is 2.73 bits per heavy atom. The zero-order valence-electron chi connectivity index (χ0n) is 5.84. The lowest BCUT2D eigenvalue weighted by atomic mass is 10.2. The Labute approximate surface area is 68.6 Å². The fourth-order valence-corrected chi connectivity index (χ4v) is 1.05. The monoisotopic (exact) mass is 171 g/mol. The second-order valence-corrected chi connectivity index (χ2v) is 2.61. The summed E-state index contributed by atoms with van der Waals surface area (Å²) in [6.45, 7) is 1.76. The van der Waals surface area contributed by atoms with Crippen LogP contribution in [0.4, 0.5) is 5.69 Å². The van der Waals surface area contributed by atoms with Gasteiger partial charge in [0, 0.05) is 0 Å². The van der Waals surface area contributed by atoms with Crippen LogP contribution in [0.15, 0.2) is 17.3 Å². The number of hydrogen-bond donors (Lipinski definition) is 1. The van der Waals surface area contributed by atoms with Crippen LogP contribution in [-0.4, -0.2) is 5.11 Å². The first-order valence-corrected chi connectivity index (χ1v) is 3.35. The molecule has 0 aliphatic carbocycles. The first-order chi connectivity index (χ1) is 5.15. The number of rotatable bonds is 1. The van der Waals surface area contributed by atoms with Gasteiger partial charge in [-0.3, -0.25) is 0 Å². The largest absolute Gasteiger partial charge is 0.504 e. The Hall–Kier alpha value is -1.09. The molecule has 0 bridgehead atoms. The lowest BCUT2D eigenvalue weighted by Crippen LogP contribution is -1.74. The van der Waals surface area contributed by atoms with Gasteiger partial charge < -0.3 is 5.11 Å².